The van der Waals surface area contributed by atoms with Crippen LogP contribution in [-0.4, -0.2) is 42.1 Å². The largest absolute Gasteiger partial charge is 0.484 e. The second-order valence-electron chi connectivity index (χ2n) is 5.26. The van der Waals surface area contributed by atoms with Crippen molar-refractivity contribution in [2.24, 2.45) is 0 Å². The van der Waals surface area contributed by atoms with Crippen LogP contribution in [0.3, 0.4) is 0 Å². The van der Waals surface area contributed by atoms with Crippen molar-refractivity contribution >= 4 is 5.95 Å². The van der Waals surface area contributed by atoms with Crippen molar-refractivity contribution < 1.29 is 35.8 Å². The lowest BCUT2D eigenvalue weighted by Crippen LogP contribution is -2.20. The van der Waals surface area contributed by atoms with Gasteiger partial charge in [-0.15, -0.1) is 0 Å². The standard InChI is InChI=1S/C16H15F6N3O2/c1-2-23-14-24-6-5-12(25-14)11-7-10(26-8-15(17,18)19)3-4-13(11)27-9-16(20,21)22/h3-7H,2,8-9H2,1H3,(H,23,24,25). The van der Waals surface area contributed by atoms with Crippen molar-refractivity contribution in [1.82, 2.24) is 9.97 Å². The molecule has 1 N–H and O–H groups in total. The van der Waals surface area contributed by atoms with Gasteiger partial charge in [0.1, 0.15) is 11.5 Å². The number of ether oxygens (including phenoxy) is 2. The molecule has 0 aliphatic carbocycles. The van der Waals surface area contributed by atoms with E-state index in [1.807, 2.05) is 0 Å². The van der Waals surface area contributed by atoms with Crippen LogP contribution in [0.25, 0.3) is 11.3 Å². The number of benzene rings is 1. The molecule has 1 aromatic carbocycles. The van der Waals surface area contributed by atoms with E-state index in [9.17, 15) is 26.3 Å². The van der Waals surface area contributed by atoms with Gasteiger partial charge in [0.05, 0.1) is 5.69 Å². The highest BCUT2D eigenvalue weighted by molar-refractivity contribution is 5.69. The van der Waals surface area contributed by atoms with Crippen LogP contribution in [0.5, 0.6) is 11.5 Å². The van der Waals surface area contributed by atoms with E-state index in [1.54, 1.807) is 6.92 Å². The molecule has 0 atom stereocenters. The maximum Gasteiger partial charge on any atom is 0.422 e. The summed E-state index contributed by atoms with van der Waals surface area (Å²) in [6, 6.07) is 4.72. The Morgan fingerprint density at radius 3 is 2.26 bits per heavy atom. The summed E-state index contributed by atoms with van der Waals surface area (Å²) in [5.74, 6) is -0.184. The Balaban J connectivity index is 2.37. The fourth-order valence-corrected chi connectivity index (χ4v) is 2.00. The molecule has 0 bridgehead atoms. The lowest BCUT2D eigenvalue weighted by atomic mass is 10.1. The Bertz CT molecular complexity index is 765. The summed E-state index contributed by atoms with van der Waals surface area (Å²) in [5, 5.41) is 2.83. The molecule has 27 heavy (non-hydrogen) atoms. The molecule has 0 saturated carbocycles. The van der Waals surface area contributed by atoms with Crippen molar-refractivity contribution in [3.63, 3.8) is 0 Å². The Labute approximate surface area is 150 Å². The molecule has 0 radical (unpaired) electrons. The summed E-state index contributed by atoms with van der Waals surface area (Å²) < 4.78 is 83.8. The fraction of sp³-hybridized carbons (Fsp3) is 0.375. The number of halogens is 6. The molecule has 0 fully saturated rings. The molecule has 2 aromatic rings. The number of nitrogens with one attached hydrogen (secondary N) is 1. The van der Waals surface area contributed by atoms with Gasteiger partial charge in [-0.25, -0.2) is 9.97 Å². The highest BCUT2D eigenvalue weighted by Gasteiger charge is 2.30. The first kappa shape index (κ1) is 20.6. The van der Waals surface area contributed by atoms with E-state index >= 15 is 0 Å². The van der Waals surface area contributed by atoms with Gasteiger partial charge >= 0.3 is 12.4 Å². The molecule has 0 aliphatic rings. The zero-order valence-corrected chi connectivity index (χ0v) is 14.0. The summed E-state index contributed by atoms with van der Waals surface area (Å²) >= 11 is 0. The summed E-state index contributed by atoms with van der Waals surface area (Å²) in [6.45, 7) is -0.815. The number of hydrogen-bond donors (Lipinski definition) is 1. The molecular formula is C16H15F6N3O2. The molecule has 1 aromatic heterocycles. The number of alkyl halides is 6. The average Bonchev–Trinajstić information content (AvgIpc) is 2.58. The topological polar surface area (TPSA) is 56.3 Å². The van der Waals surface area contributed by atoms with Crippen LogP contribution in [0.4, 0.5) is 32.3 Å². The first-order valence-corrected chi connectivity index (χ1v) is 7.68. The van der Waals surface area contributed by atoms with Gasteiger partial charge in [0.25, 0.3) is 0 Å². The van der Waals surface area contributed by atoms with Gasteiger partial charge in [-0.05, 0) is 31.2 Å². The highest BCUT2D eigenvalue weighted by atomic mass is 19.4. The Morgan fingerprint density at radius 2 is 1.63 bits per heavy atom. The third kappa shape index (κ3) is 6.83. The number of hydrogen-bond acceptors (Lipinski definition) is 5. The third-order valence-electron chi connectivity index (χ3n) is 3.01. The predicted molar refractivity (Wildman–Crippen MR) is 84.7 cm³/mol. The number of aromatic nitrogens is 2. The molecule has 5 nitrogen and oxygen atoms in total. The SMILES string of the molecule is CCNc1nccc(-c2cc(OCC(F)(F)F)ccc2OCC(F)(F)F)n1. The van der Waals surface area contributed by atoms with Crippen molar-refractivity contribution in [3.8, 4) is 22.8 Å². The zero-order chi connectivity index (χ0) is 20.1. The van der Waals surface area contributed by atoms with Crippen molar-refractivity contribution in [2.45, 2.75) is 19.3 Å². The number of nitrogens with zero attached hydrogens (tertiary/aromatic N) is 2. The normalized spacial score (nSPS) is 12.0. The van der Waals surface area contributed by atoms with Crippen molar-refractivity contribution in [3.05, 3.63) is 30.5 Å². The maximum atomic E-state index is 12.5. The van der Waals surface area contributed by atoms with E-state index < -0.39 is 25.6 Å². The van der Waals surface area contributed by atoms with E-state index in [2.05, 4.69) is 20.0 Å². The van der Waals surface area contributed by atoms with Gasteiger partial charge in [-0.1, -0.05) is 0 Å². The van der Waals surface area contributed by atoms with Crippen LogP contribution in [-0.2, 0) is 0 Å². The van der Waals surface area contributed by atoms with Crippen LogP contribution in [0.2, 0.25) is 0 Å². The second-order valence-corrected chi connectivity index (χ2v) is 5.26. The van der Waals surface area contributed by atoms with Gasteiger partial charge in [-0.3, -0.25) is 0 Å². The second kappa shape index (κ2) is 8.31. The van der Waals surface area contributed by atoms with Gasteiger partial charge in [0.2, 0.25) is 5.95 Å². The Kier molecular flexibility index (Phi) is 6.34. The van der Waals surface area contributed by atoms with Crippen molar-refractivity contribution in [1.29, 1.82) is 0 Å². The number of rotatable bonds is 7. The van der Waals surface area contributed by atoms with E-state index in [-0.39, 0.29) is 28.7 Å². The summed E-state index contributed by atoms with van der Waals surface area (Å²) in [4.78, 5) is 8.06. The molecule has 11 heteroatoms. The minimum absolute atomic E-state index is 0.0421. The molecule has 1 heterocycles. The predicted octanol–water partition coefficient (Wildman–Crippen LogP) is 4.46. The lowest BCUT2D eigenvalue weighted by Gasteiger charge is -2.15. The maximum absolute atomic E-state index is 12.5. The number of anilines is 1. The lowest BCUT2D eigenvalue weighted by molar-refractivity contribution is -0.154. The quantitative estimate of drug-likeness (QED) is 0.702. The van der Waals surface area contributed by atoms with Gasteiger partial charge in [0, 0.05) is 18.3 Å². The van der Waals surface area contributed by atoms with E-state index in [4.69, 9.17) is 4.74 Å². The first-order chi connectivity index (χ1) is 12.6. The minimum atomic E-state index is -4.58. The zero-order valence-electron chi connectivity index (χ0n) is 14.0. The minimum Gasteiger partial charge on any atom is -0.484 e. The van der Waals surface area contributed by atoms with Gasteiger partial charge in [-0.2, -0.15) is 26.3 Å². The molecule has 0 aliphatic heterocycles. The van der Waals surface area contributed by atoms with Crippen molar-refractivity contribution in [2.75, 3.05) is 25.1 Å². The summed E-state index contributed by atoms with van der Waals surface area (Å²) in [5.41, 5.74) is 0.205. The fourth-order valence-electron chi connectivity index (χ4n) is 2.00. The molecule has 2 rings (SSSR count). The summed E-state index contributed by atoms with van der Waals surface area (Å²) in [7, 11) is 0. The smallest absolute Gasteiger partial charge is 0.422 e. The molecule has 0 spiro atoms. The third-order valence-corrected chi connectivity index (χ3v) is 3.01. The molecule has 0 saturated heterocycles. The van der Waals surface area contributed by atoms with E-state index in [0.29, 0.717) is 6.54 Å². The van der Waals surface area contributed by atoms with Crippen LogP contribution < -0.4 is 14.8 Å². The Hall–Kier alpha value is -2.72. The molecule has 0 unspecified atom stereocenters. The van der Waals surface area contributed by atoms with E-state index in [0.717, 1.165) is 18.2 Å². The average molecular weight is 395 g/mol. The van der Waals surface area contributed by atoms with Gasteiger partial charge in [0.15, 0.2) is 13.2 Å². The first-order valence-electron chi connectivity index (χ1n) is 7.68. The van der Waals surface area contributed by atoms with Gasteiger partial charge < -0.3 is 14.8 Å². The highest BCUT2D eigenvalue weighted by Crippen LogP contribution is 2.34. The molecular weight excluding hydrogens is 380 g/mol. The van der Waals surface area contributed by atoms with Crippen LogP contribution in [0.1, 0.15) is 6.92 Å². The summed E-state index contributed by atoms with van der Waals surface area (Å²) in [6.07, 6.45) is -7.78. The van der Waals surface area contributed by atoms with E-state index in [1.165, 1.54) is 12.3 Å². The van der Waals surface area contributed by atoms with Crippen LogP contribution >= 0.6 is 0 Å². The van der Waals surface area contributed by atoms with Crippen LogP contribution in [0, 0.1) is 0 Å². The van der Waals surface area contributed by atoms with Crippen LogP contribution in [0.15, 0.2) is 30.5 Å². The molecule has 0 amide bonds. The molecule has 148 valence electrons. The Morgan fingerprint density at radius 1 is 0.963 bits per heavy atom. The monoisotopic (exact) mass is 395 g/mol.